The van der Waals surface area contributed by atoms with E-state index in [4.69, 9.17) is 4.42 Å². The molecule has 1 aliphatic heterocycles. The van der Waals surface area contributed by atoms with E-state index in [1.165, 1.54) is 10.5 Å². The second-order valence-electron chi connectivity index (χ2n) is 5.02. The molecule has 2 heterocycles. The van der Waals surface area contributed by atoms with Gasteiger partial charge in [0.25, 0.3) is 0 Å². The van der Waals surface area contributed by atoms with Gasteiger partial charge >= 0.3 is 0 Å². The molecule has 0 saturated heterocycles. The summed E-state index contributed by atoms with van der Waals surface area (Å²) in [5.41, 5.74) is 1.44. The number of nitrogens with one attached hydrogen (secondary N) is 1. The average Bonchev–Trinajstić information content (AvgIpc) is 3.07. The Balaban J connectivity index is 1.93. The number of hydrogen-bond acceptors (Lipinski definition) is 3. The largest absolute Gasteiger partial charge is 0.466 e. The molecule has 1 aromatic heterocycles. The second-order valence-corrected chi connectivity index (χ2v) is 6.94. The van der Waals surface area contributed by atoms with Crippen molar-refractivity contribution in [3.63, 3.8) is 0 Å². The summed E-state index contributed by atoms with van der Waals surface area (Å²) in [7, 11) is 0. The molecular weight excluding hydrogens is 334 g/mol. The van der Waals surface area contributed by atoms with Crippen LogP contribution in [0.4, 0.5) is 0 Å². The number of hydrogen-bond donors (Lipinski definition) is 1. The van der Waals surface area contributed by atoms with Gasteiger partial charge in [0.05, 0.1) is 16.8 Å². The van der Waals surface area contributed by atoms with Crippen LogP contribution in [0.1, 0.15) is 36.6 Å². The first kappa shape index (κ1) is 14.2. The standard InChI is InChI=1S/C16H18BrNOS/c1-2-8-18-15(16-13(17)7-9-19-16)12-10-20-14-6-4-3-5-11(12)14/h3-7,9,12,15,18H,2,8,10H2,1H3. The van der Waals surface area contributed by atoms with Crippen molar-refractivity contribution in [1.29, 1.82) is 0 Å². The van der Waals surface area contributed by atoms with Gasteiger partial charge in [0.1, 0.15) is 5.76 Å². The van der Waals surface area contributed by atoms with Gasteiger partial charge in [0.2, 0.25) is 0 Å². The summed E-state index contributed by atoms with van der Waals surface area (Å²) in [6.45, 7) is 3.19. The van der Waals surface area contributed by atoms with E-state index in [-0.39, 0.29) is 6.04 Å². The molecular formula is C16H18BrNOS. The number of rotatable bonds is 5. The molecule has 1 N–H and O–H groups in total. The first-order valence-electron chi connectivity index (χ1n) is 6.99. The molecule has 20 heavy (non-hydrogen) atoms. The quantitative estimate of drug-likeness (QED) is 0.822. The summed E-state index contributed by atoms with van der Waals surface area (Å²) in [4.78, 5) is 1.41. The van der Waals surface area contributed by atoms with Crippen LogP contribution in [0, 0.1) is 0 Å². The fourth-order valence-electron chi connectivity index (χ4n) is 2.71. The summed E-state index contributed by atoms with van der Waals surface area (Å²) in [6.07, 6.45) is 2.88. The molecule has 3 rings (SSSR count). The molecule has 0 bridgehead atoms. The molecule has 0 aliphatic carbocycles. The first-order valence-corrected chi connectivity index (χ1v) is 8.77. The van der Waals surface area contributed by atoms with Crippen molar-refractivity contribution in [3.8, 4) is 0 Å². The minimum Gasteiger partial charge on any atom is -0.466 e. The lowest BCUT2D eigenvalue weighted by molar-refractivity contribution is 0.377. The van der Waals surface area contributed by atoms with E-state index >= 15 is 0 Å². The van der Waals surface area contributed by atoms with E-state index in [2.05, 4.69) is 52.4 Å². The normalized spacial score (nSPS) is 19.0. The zero-order valence-corrected chi connectivity index (χ0v) is 13.8. The minimum absolute atomic E-state index is 0.232. The van der Waals surface area contributed by atoms with Gasteiger partial charge in [0.15, 0.2) is 0 Å². The zero-order valence-electron chi connectivity index (χ0n) is 11.4. The molecule has 2 aromatic rings. The number of benzene rings is 1. The van der Waals surface area contributed by atoms with Gasteiger partial charge in [-0.15, -0.1) is 11.8 Å². The van der Waals surface area contributed by atoms with Gasteiger partial charge < -0.3 is 9.73 Å². The highest BCUT2D eigenvalue weighted by Crippen LogP contribution is 2.46. The predicted octanol–water partition coefficient (Wildman–Crippen LogP) is 4.97. The van der Waals surface area contributed by atoms with Crippen LogP contribution in [0.15, 0.2) is 50.4 Å². The number of halogens is 1. The molecule has 2 atom stereocenters. The Morgan fingerprint density at radius 3 is 3.00 bits per heavy atom. The third-order valence-electron chi connectivity index (χ3n) is 3.68. The third-order valence-corrected chi connectivity index (χ3v) is 5.54. The van der Waals surface area contributed by atoms with Crippen molar-refractivity contribution >= 4 is 27.7 Å². The van der Waals surface area contributed by atoms with E-state index in [1.807, 2.05) is 17.8 Å². The molecule has 0 amide bonds. The van der Waals surface area contributed by atoms with E-state index in [1.54, 1.807) is 6.26 Å². The van der Waals surface area contributed by atoms with Crippen LogP contribution in [-0.4, -0.2) is 12.3 Å². The Morgan fingerprint density at radius 2 is 2.25 bits per heavy atom. The Bertz CT molecular complexity index is 583. The third kappa shape index (κ3) is 2.69. The van der Waals surface area contributed by atoms with Crippen LogP contribution in [-0.2, 0) is 0 Å². The monoisotopic (exact) mass is 351 g/mol. The van der Waals surface area contributed by atoms with E-state index < -0.39 is 0 Å². The molecule has 4 heteroatoms. The molecule has 106 valence electrons. The molecule has 1 aromatic carbocycles. The molecule has 0 fully saturated rings. The van der Waals surface area contributed by atoms with Crippen molar-refractivity contribution in [2.75, 3.05) is 12.3 Å². The van der Waals surface area contributed by atoms with Crippen molar-refractivity contribution in [1.82, 2.24) is 5.32 Å². The molecule has 0 saturated carbocycles. The minimum atomic E-state index is 0.232. The van der Waals surface area contributed by atoms with Crippen LogP contribution < -0.4 is 5.32 Å². The molecule has 0 spiro atoms. The lowest BCUT2D eigenvalue weighted by atomic mass is 9.91. The van der Waals surface area contributed by atoms with E-state index in [0.717, 1.165) is 29.0 Å². The van der Waals surface area contributed by atoms with Gasteiger partial charge in [-0.05, 0) is 46.6 Å². The SMILES string of the molecule is CCCNC(c1occc1Br)C1CSc2ccccc21. The molecule has 2 nitrogen and oxygen atoms in total. The van der Waals surface area contributed by atoms with Gasteiger partial charge in [-0.2, -0.15) is 0 Å². The van der Waals surface area contributed by atoms with Gasteiger partial charge in [-0.1, -0.05) is 25.1 Å². The smallest absolute Gasteiger partial charge is 0.135 e. The lowest BCUT2D eigenvalue weighted by Gasteiger charge is -2.24. The van der Waals surface area contributed by atoms with E-state index in [9.17, 15) is 0 Å². The highest BCUT2D eigenvalue weighted by molar-refractivity contribution is 9.10. The van der Waals surface area contributed by atoms with Gasteiger partial charge in [0, 0.05) is 16.6 Å². The van der Waals surface area contributed by atoms with Crippen LogP contribution in [0.2, 0.25) is 0 Å². The summed E-state index contributed by atoms with van der Waals surface area (Å²) >= 11 is 5.55. The maximum Gasteiger partial charge on any atom is 0.135 e. The number of thioether (sulfide) groups is 1. The van der Waals surface area contributed by atoms with Crippen molar-refractivity contribution in [3.05, 3.63) is 52.4 Å². The van der Waals surface area contributed by atoms with Crippen LogP contribution >= 0.6 is 27.7 Å². The van der Waals surface area contributed by atoms with Gasteiger partial charge in [-0.25, -0.2) is 0 Å². The Kier molecular flexibility index (Phi) is 4.54. The summed E-state index contributed by atoms with van der Waals surface area (Å²) in [5, 5.41) is 3.66. The average molecular weight is 352 g/mol. The zero-order chi connectivity index (χ0) is 13.9. The second kappa shape index (κ2) is 6.37. The summed E-state index contributed by atoms with van der Waals surface area (Å²) in [5.74, 6) is 2.58. The fraction of sp³-hybridized carbons (Fsp3) is 0.375. The highest BCUT2D eigenvalue weighted by atomic mass is 79.9. The number of furan rings is 1. The highest BCUT2D eigenvalue weighted by Gasteiger charge is 2.33. The van der Waals surface area contributed by atoms with Crippen LogP contribution in [0.25, 0.3) is 0 Å². The Hall–Kier alpha value is -0.710. The summed E-state index contributed by atoms with van der Waals surface area (Å²) < 4.78 is 6.79. The Labute approximate surface area is 132 Å². The van der Waals surface area contributed by atoms with E-state index in [0.29, 0.717) is 5.92 Å². The van der Waals surface area contributed by atoms with Crippen molar-refractivity contribution in [2.24, 2.45) is 0 Å². The maximum absolute atomic E-state index is 5.73. The number of fused-ring (bicyclic) bond motifs is 1. The van der Waals surface area contributed by atoms with Crippen LogP contribution in [0.3, 0.4) is 0 Å². The van der Waals surface area contributed by atoms with Crippen LogP contribution in [0.5, 0.6) is 0 Å². The predicted molar refractivity (Wildman–Crippen MR) is 87.3 cm³/mol. The molecule has 0 radical (unpaired) electrons. The molecule has 2 unspecified atom stereocenters. The summed E-state index contributed by atoms with van der Waals surface area (Å²) in [6, 6.07) is 10.9. The lowest BCUT2D eigenvalue weighted by Crippen LogP contribution is -2.28. The molecule has 1 aliphatic rings. The van der Waals surface area contributed by atoms with Crippen molar-refractivity contribution < 1.29 is 4.42 Å². The maximum atomic E-state index is 5.73. The van der Waals surface area contributed by atoms with Crippen molar-refractivity contribution in [2.45, 2.75) is 30.2 Å². The first-order chi connectivity index (χ1) is 9.81. The van der Waals surface area contributed by atoms with Gasteiger partial charge in [-0.3, -0.25) is 0 Å². The Morgan fingerprint density at radius 1 is 1.40 bits per heavy atom. The topological polar surface area (TPSA) is 25.2 Å². The fourth-order valence-corrected chi connectivity index (χ4v) is 4.45.